The van der Waals surface area contributed by atoms with Crippen LogP contribution in [0.15, 0.2) is 255 Å². The highest BCUT2D eigenvalue weighted by Crippen LogP contribution is 2.54. The molecule has 0 amide bonds. The van der Waals surface area contributed by atoms with Crippen LogP contribution in [0.3, 0.4) is 0 Å². The molecule has 4 heteroatoms. The zero-order valence-electron chi connectivity index (χ0n) is 49.7. The highest BCUT2D eigenvalue weighted by atomic mass is 15.2. The molecule has 16 aromatic rings. The van der Waals surface area contributed by atoms with E-state index in [0.717, 1.165) is 45.0 Å². The molecule has 0 aliphatic carbocycles. The second-order valence-corrected chi connectivity index (χ2v) is 26.6. The van der Waals surface area contributed by atoms with E-state index in [1.165, 1.54) is 136 Å². The van der Waals surface area contributed by atoms with Crippen LogP contribution < -0.4 is 26.2 Å². The Labute approximate surface area is 507 Å². The minimum absolute atomic E-state index is 0.0425. The first kappa shape index (κ1) is 50.1. The van der Waals surface area contributed by atoms with Gasteiger partial charge in [-0.05, 0) is 173 Å². The van der Waals surface area contributed by atoms with Crippen LogP contribution >= 0.6 is 0 Å². The van der Waals surface area contributed by atoms with Gasteiger partial charge in [-0.2, -0.15) is 0 Å². The van der Waals surface area contributed by atoms with Gasteiger partial charge < -0.3 is 9.80 Å². The SMILES string of the molecule is CC(C)(C)c1ccc(N2c3cc(-c4cc(-c5ccccc5)nc(-c5ccccc5)c4)cc4c3B(c3cc5c6cccc7cccc(c8cccc(c32)c85)c76)c2cc3c5cccc6cccc(c7cccc(c2N4c2ccc(C(C)(C)C)cc2)c73)c65)cc1. The average molecular weight is 1110 g/mol. The van der Waals surface area contributed by atoms with Gasteiger partial charge in [0, 0.05) is 56.0 Å². The van der Waals surface area contributed by atoms with Crippen LogP contribution in [-0.2, 0) is 10.8 Å². The summed E-state index contributed by atoms with van der Waals surface area (Å²) in [5.41, 5.74) is 19.7. The van der Waals surface area contributed by atoms with Crippen molar-refractivity contribution < 1.29 is 0 Å². The molecule has 18 rings (SSSR count). The van der Waals surface area contributed by atoms with Gasteiger partial charge in [-0.1, -0.05) is 248 Å². The fraction of sp³-hybridized carbons (Fsp3) is 0.0964. The normalized spacial score (nSPS) is 13.3. The van der Waals surface area contributed by atoms with Gasteiger partial charge in [-0.3, -0.25) is 0 Å². The van der Waals surface area contributed by atoms with Crippen LogP contribution in [-0.4, -0.2) is 11.7 Å². The molecule has 15 aromatic carbocycles. The third kappa shape index (κ3) is 7.28. The summed E-state index contributed by atoms with van der Waals surface area (Å²) in [7, 11) is 0. The van der Waals surface area contributed by atoms with Gasteiger partial charge in [0.25, 0.3) is 6.71 Å². The summed E-state index contributed by atoms with van der Waals surface area (Å²) in [6.07, 6.45) is 0. The highest BCUT2D eigenvalue weighted by molar-refractivity contribution is 7.01. The molecule has 410 valence electrons. The smallest absolute Gasteiger partial charge is 0.252 e. The van der Waals surface area contributed by atoms with E-state index in [-0.39, 0.29) is 17.5 Å². The summed E-state index contributed by atoms with van der Waals surface area (Å²) < 4.78 is 0. The van der Waals surface area contributed by atoms with Gasteiger partial charge in [0.15, 0.2) is 0 Å². The minimum atomic E-state index is -0.192. The first-order valence-corrected chi connectivity index (χ1v) is 30.8. The largest absolute Gasteiger partial charge is 0.311 e. The molecule has 2 aliphatic heterocycles. The minimum Gasteiger partial charge on any atom is -0.311 e. The Morgan fingerprint density at radius 2 is 0.644 bits per heavy atom. The van der Waals surface area contributed by atoms with Crippen LogP contribution in [0.1, 0.15) is 52.7 Å². The predicted octanol–water partition coefficient (Wildman–Crippen LogP) is 20.9. The van der Waals surface area contributed by atoms with Gasteiger partial charge >= 0.3 is 0 Å². The lowest BCUT2D eigenvalue weighted by Gasteiger charge is -2.45. The lowest BCUT2D eigenvalue weighted by molar-refractivity contribution is 0.590. The van der Waals surface area contributed by atoms with E-state index in [1.54, 1.807) is 0 Å². The Morgan fingerprint density at radius 3 is 1.03 bits per heavy atom. The molecule has 3 heterocycles. The average Bonchev–Trinajstić information content (AvgIpc) is 0.687. The molecule has 0 spiro atoms. The molecule has 0 saturated heterocycles. The van der Waals surface area contributed by atoms with Crippen molar-refractivity contribution in [2.45, 2.75) is 52.4 Å². The molecule has 0 atom stereocenters. The monoisotopic (exact) mass is 1110 g/mol. The molecular formula is C83H60BN3. The molecule has 3 nitrogen and oxygen atoms in total. The van der Waals surface area contributed by atoms with Gasteiger partial charge in [0.2, 0.25) is 0 Å². The zero-order valence-corrected chi connectivity index (χ0v) is 49.7. The van der Waals surface area contributed by atoms with Crippen molar-refractivity contribution >= 4 is 143 Å². The molecule has 0 fully saturated rings. The second kappa shape index (κ2) is 18.1. The van der Waals surface area contributed by atoms with E-state index in [2.05, 4.69) is 306 Å². The zero-order chi connectivity index (χ0) is 58.2. The van der Waals surface area contributed by atoms with Gasteiger partial charge in [0.05, 0.1) is 11.4 Å². The highest BCUT2D eigenvalue weighted by Gasteiger charge is 2.46. The Morgan fingerprint density at radius 1 is 0.299 bits per heavy atom. The lowest BCUT2D eigenvalue weighted by Crippen LogP contribution is -2.61. The first-order chi connectivity index (χ1) is 42.4. The standard InChI is InChI=1S/C83H60BN3/c1-82(2,3)55-35-39-57(40-36-55)86-73-45-54(53-43-71(49-19-9-7-10-20-49)85-72(44-53)50-21-11-8-12-22-50)46-74-79(73)84(69-47-67-63-29-15-25-51-23-13-27-59(75(51)63)61-31-17-33-65(77(61)67)80(69)86)70-48-68-64-30-16-26-52-24-14-28-60(76(52)64)62-32-18-34-66(78(62)68)81(70)87(74)58-41-37-56(38-42-58)83(4,5)6/h7-48H,1-6H3. The van der Waals surface area contributed by atoms with E-state index >= 15 is 0 Å². The van der Waals surface area contributed by atoms with Crippen LogP contribution in [0.4, 0.5) is 34.1 Å². The fourth-order valence-corrected chi connectivity index (χ4v) is 15.5. The Hall–Kier alpha value is -10.3. The van der Waals surface area contributed by atoms with E-state index in [0.29, 0.717) is 0 Å². The third-order valence-electron chi connectivity index (χ3n) is 19.6. The van der Waals surface area contributed by atoms with Crippen molar-refractivity contribution in [3.63, 3.8) is 0 Å². The molecular weight excluding hydrogens is 1050 g/mol. The molecule has 0 unspecified atom stereocenters. The Balaban J connectivity index is 1.05. The van der Waals surface area contributed by atoms with E-state index < -0.39 is 0 Å². The number of anilines is 6. The molecule has 1 aromatic heterocycles. The number of benzene rings is 15. The van der Waals surface area contributed by atoms with Gasteiger partial charge in [0.1, 0.15) is 0 Å². The maximum Gasteiger partial charge on any atom is 0.252 e. The Kier molecular flexibility index (Phi) is 10.4. The number of pyridine rings is 1. The molecule has 2 aliphatic rings. The van der Waals surface area contributed by atoms with Crippen molar-refractivity contribution in [1.82, 2.24) is 4.98 Å². The molecule has 87 heavy (non-hydrogen) atoms. The maximum absolute atomic E-state index is 5.46. The third-order valence-corrected chi connectivity index (χ3v) is 19.6. The van der Waals surface area contributed by atoms with Crippen molar-refractivity contribution in [2.24, 2.45) is 0 Å². The number of hydrogen-bond acceptors (Lipinski definition) is 3. The van der Waals surface area contributed by atoms with E-state index in [4.69, 9.17) is 4.98 Å². The maximum atomic E-state index is 5.46. The number of aromatic nitrogens is 1. The number of rotatable bonds is 5. The van der Waals surface area contributed by atoms with E-state index in [9.17, 15) is 0 Å². The van der Waals surface area contributed by atoms with Crippen LogP contribution in [0.5, 0.6) is 0 Å². The van der Waals surface area contributed by atoms with Crippen LogP contribution in [0.25, 0.3) is 120 Å². The topological polar surface area (TPSA) is 19.4 Å². The van der Waals surface area contributed by atoms with Crippen LogP contribution in [0, 0.1) is 0 Å². The number of hydrogen-bond donors (Lipinski definition) is 0. The van der Waals surface area contributed by atoms with E-state index in [1.807, 2.05) is 0 Å². The Bertz CT molecular complexity index is 5170. The fourth-order valence-electron chi connectivity index (χ4n) is 15.5. The summed E-state index contributed by atoms with van der Waals surface area (Å²) in [6, 6.07) is 97.1. The van der Waals surface area contributed by atoms with Crippen molar-refractivity contribution in [1.29, 1.82) is 0 Å². The molecule has 0 saturated carbocycles. The van der Waals surface area contributed by atoms with Gasteiger partial charge in [-0.25, -0.2) is 4.98 Å². The number of fused-ring (bicyclic) bond motifs is 10. The first-order valence-electron chi connectivity index (χ1n) is 30.8. The quantitative estimate of drug-likeness (QED) is 0.0973. The second-order valence-electron chi connectivity index (χ2n) is 26.6. The van der Waals surface area contributed by atoms with Crippen molar-refractivity contribution in [2.75, 3.05) is 9.80 Å². The van der Waals surface area contributed by atoms with Crippen molar-refractivity contribution in [3.8, 4) is 33.6 Å². The number of nitrogens with zero attached hydrogens (tertiary/aromatic N) is 3. The van der Waals surface area contributed by atoms with Gasteiger partial charge in [-0.15, -0.1) is 0 Å². The predicted molar refractivity (Wildman–Crippen MR) is 374 cm³/mol. The lowest BCUT2D eigenvalue weighted by atomic mass is 9.33. The molecule has 0 radical (unpaired) electrons. The summed E-state index contributed by atoms with van der Waals surface area (Å²) in [6.45, 7) is 13.7. The summed E-state index contributed by atoms with van der Waals surface area (Å²) >= 11 is 0. The summed E-state index contributed by atoms with van der Waals surface area (Å²) in [4.78, 5) is 10.8. The molecule has 0 bridgehead atoms. The summed E-state index contributed by atoms with van der Waals surface area (Å²) in [5.74, 6) is 0. The molecule has 0 N–H and O–H groups in total. The summed E-state index contributed by atoms with van der Waals surface area (Å²) in [5, 5.41) is 20.5. The van der Waals surface area contributed by atoms with Crippen molar-refractivity contribution in [3.05, 3.63) is 266 Å². The van der Waals surface area contributed by atoms with Crippen LogP contribution in [0.2, 0.25) is 0 Å².